The molecule has 3 atom stereocenters. The first-order valence-corrected chi connectivity index (χ1v) is 7.49. The monoisotopic (exact) mass is 244 g/mol. The summed E-state index contributed by atoms with van der Waals surface area (Å²) in [6.07, 6.45) is 4.31. The molecule has 0 aromatic heterocycles. The summed E-state index contributed by atoms with van der Waals surface area (Å²) in [5.74, 6) is 1.85. The summed E-state index contributed by atoms with van der Waals surface area (Å²) in [5, 5.41) is 0. The maximum Gasteiger partial charge on any atom is 0.226 e. The van der Waals surface area contributed by atoms with Crippen molar-refractivity contribution in [3.63, 3.8) is 0 Å². The molecule has 4 heteroatoms. The zero-order valence-electron chi connectivity index (χ0n) is 10.6. The number of piperidine rings is 1. The van der Waals surface area contributed by atoms with Crippen LogP contribution in [0, 0.1) is 11.8 Å². The summed E-state index contributed by atoms with van der Waals surface area (Å²) in [6.45, 7) is 5.84. The van der Waals surface area contributed by atoms with Gasteiger partial charge in [0.25, 0.3) is 0 Å². The van der Waals surface area contributed by atoms with Gasteiger partial charge < -0.3 is 10.6 Å². The molecule has 1 rings (SSSR count). The maximum absolute atomic E-state index is 12.1. The van der Waals surface area contributed by atoms with Crippen molar-refractivity contribution in [3.8, 4) is 0 Å². The highest BCUT2D eigenvalue weighted by Gasteiger charge is 2.27. The Bertz CT molecular complexity index is 233. The van der Waals surface area contributed by atoms with Crippen LogP contribution in [0.3, 0.4) is 0 Å². The van der Waals surface area contributed by atoms with Crippen LogP contribution in [-0.4, -0.2) is 41.9 Å². The van der Waals surface area contributed by atoms with Crippen molar-refractivity contribution < 1.29 is 4.79 Å². The quantitative estimate of drug-likeness (QED) is 0.816. The maximum atomic E-state index is 12.1. The molecule has 0 unspecified atom stereocenters. The fourth-order valence-electron chi connectivity index (χ4n) is 2.27. The molecular weight excluding hydrogens is 220 g/mol. The minimum absolute atomic E-state index is 0.141. The van der Waals surface area contributed by atoms with Crippen LogP contribution in [-0.2, 0) is 4.79 Å². The first-order valence-electron chi connectivity index (χ1n) is 6.09. The van der Waals surface area contributed by atoms with Crippen molar-refractivity contribution in [1.82, 2.24) is 4.90 Å². The fourth-order valence-corrected chi connectivity index (χ4v) is 2.91. The van der Waals surface area contributed by atoms with Crippen molar-refractivity contribution in [1.29, 1.82) is 0 Å². The van der Waals surface area contributed by atoms with E-state index in [2.05, 4.69) is 0 Å². The number of likely N-dealkylation sites (tertiary alicyclic amines) is 1. The van der Waals surface area contributed by atoms with Crippen LogP contribution in [0.4, 0.5) is 0 Å². The summed E-state index contributed by atoms with van der Waals surface area (Å²) in [5.41, 5.74) is 5.92. The highest BCUT2D eigenvalue weighted by Crippen LogP contribution is 2.21. The Morgan fingerprint density at radius 1 is 1.56 bits per heavy atom. The van der Waals surface area contributed by atoms with Gasteiger partial charge in [0.2, 0.25) is 5.91 Å². The van der Waals surface area contributed by atoms with Crippen LogP contribution in [0.25, 0.3) is 0 Å². The van der Waals surface area contributed by atoms with Gasteiger partial charge in [0.1, 0.15) is 0 Å². The van der Waals surface area contributed by atoms with Gasteiger partial charge in [0, 0.05) is 30.8 Å². The second-order valence-electron chi connectivity index (χ2n) is 4.90. The Balaban J connectivity index is 2.49. The predicted molar refractivity (Wildman–Crippen MR) is 70.5 cm³/mol. The summed E-state index contributed by atoms with van der Waals surface area (Å²) >= 11 is 1.74. The van der Waals surface area contributed by atoms with Crippen molar-refractivity contribution in [2.24, 2.45) is 17.6 Å². The second kappa shape index (κ2) is 6.50. The van der Waals surface area contributed by atoms with Crippen LogP contribution in [0.5, 0.6) is 0 Å². The number of carbonyl (C=O) groups is 1. The number of thioether (sulfide) groups is 1. The van der Waals surface area contributed by atoms with Crippen molar-refractivity contribution in [2.75, 3.05) is 25.1 Å². The molecule has 0 radical (unpaired) electrons. The van der Waals surface area contributed by atoms with E-state index < -0.39 is 0 Å². The lowest BCUT2D eigenvalue weighted by atomic mass is 9.91. The number of amides is 1. The van der Waals surface area contributed by atoms with Gasteiger partial charge >= 0.3 is 0 Å². The molecule has 0 bridgehead atoms. The SMILES string of the molecule is CSC[C@H](C)C(=O)N1CCC[C@H]([C@H](C)N)C1. The van der Waals surface area contributed by atoms with E-state index in [0.717, 1.165) is 25.3 Å². The molecule has 0 aromatic carbocycles. The number of hydrogen-bond acceptors (Lipinski definition) is 3. The number of hydrogen-bond donors (Lipinski definition) is 1. The van der Waals surface area contributed by atoms with Crippen molar-refractivity contribution in [2.45, 2.75) is 32.7 Å². The van der Waals surface area contributed by atoms with E-state index in [4.69, 9.17) is 5.73 Å². The largest absolute Gasteiger partial charge is 0.342 e. The third-order valence-electron chi connectivity index (χ3n) is 3.35. The fraction of sp³-hybridized carbons (Fsp3) is 0.917. The van der Waals surface area contributed by atoms with Gasteiger partial charge in [-0.05, 0) is 31.9 Å². The smallest absolute Gasteiger partial charge is 0.226 e. The third kappa shape index (κ3) is 3.67. The lowest BCUT2D eigenvalue weighted by Crippen LogP contribution is -2.47. The number of nitrogens with zero attached hydrogens (tertiary/aromatic N) is 1. The zero-order valence-corrected chi connectivity index (χ0v) is 11.4. The van der Waals surface area contributed by atoms with Gasteiger partial charge in [-0.25, -0.2) is 0 Å². The topological polar surface area (TPSA) is 46.3 Å². The molecule has 1 saturated heterocycles. The molecule has 1 aliphatic heterocycles. The molecule has 94 valence electrons. The van der Waals surface area contributed by atoms with E-state index >= 15 is 0 Å². The van der Waals surface area contributed by atoms with Crippen LogP contribution in [0.1, 0.15) is 26.7 Å². The molecule has 1 amide bonds. The van der Waals surface area contributed by atoms with E-state index in [1.807, 2.05) is 25.0 Å². The summed E-state index contributed by atoms with van der Waals surface area (Å²) in [7, 11) is 0. The molecule has 0 aromatic rings. The van der Waals surface area contributed by atoms with Gasteiger partial charge in [-0.3, -0.25) is 4.79 Å². The van der Waals surface area contributed by atoms with Gasteiger partial charge in [-0.1, -0.05) is 6.92 Å². The molecule has 0 spiro atoms. The van der Waals surface area contributed by atoms with E-state index in [0.29, 0.717) is 11.8 Å². The molecule has 3 nitrogen and oxygen atoms in total. The van der Waals surface area contributed by atoms with Gasteiger partial charge in [0.15, 0.2) is 0 Å². The molecule has 2 N–H and O–H groups in total. The Hall–Kier alpha value is -0.220. The second-order valence-corrected chi connectivity index (χ2v) is 5.81. The number of rotatable bonds is 4. The molecule has 1 heterocycles. The Labute approximate surface area is 103 Å². The van der Waals surface area contributed by atoms with Crippen LogP contribution in [0.15, 0.2) is 0 Å². The lowest BCUT2D eigenvalue weighted by molar-refractivity contribution is -0.136. The average molecular weight is 244 g/mol. The molecule has 1 fully saturated rings. The summed E-state index contributed by atoms with van der Waals surface area (Å²) < 4.78 is 0. The van der Waals surface area contributed by atoms with Gasteiger partial charge in [-0.2, -0.15) is 11.8 Å². The minimum Gasteiger partial charge on any atom is -0.342 e. The van der Waals surface area contributed by atoms with E-state index in [-0.39, 0.29) is 12.0 Å². The summed E-state index contributed by atoms with van der Waals surface area (Å²) in [6, 6.07) is 0.200. The van der Waals surface area contributed by atoms with E-state index in [1.54, 1.807) is 11.8 Å². The van der Waals surface area contributed by atoms with Crippen molar-refractivity contribution >= 4 is 17.7 Å². The normalized spacial score (nSPS) is 25.2. The summed E-state index contributed by atoms with van der Waals surface area (Å²) in [4.78, 5) is 14.1. The van der Waals surface area contributed by atoms with Crippen LogP contribution >= 0.6 is 11.8 Å². The van der Waals surface area contributed by atoms with Gasteiger partial charge in [-0.15, -0.1) is 0 Å². The highest BCUT2D eigenvalue weighted by molar-refractivity contribution is 7.98. The van der Waals surface area contributed by atoms with E-state index in [1.165, 1.54) is 6.42 Å². The number of carbonyl (C=O) groups excluding carboxylic acids is 1. The Kier molecular flexibility index (Phi) is 5.62. The molecule has 0 saturated carbocycles. The third-order valence-corrected chi connectivity index (χ3v) is 4.18. The Morgan fingerprint density at radius 2 is 2.25 bits per heavy atom. The zero-order chi connectivity index (χ0) is 12.1. The molecular formula is C12H24N2OS. The average Bonchev–Trinajstić information content (AvgIpc) is 2.28. The van der Waals surface area contributed by atoms with Crippen LogP contribution in [0.2, 0.25) is 0 Å². The first-order chi connectivity index (χ1) is 7.56. The predicted octanol–water partition coefficient (Wildman–Crippen LogP) is 1.57. The number of nitrogens with two attached hydrogens (primary N) is 1. The lowest BCUT2D eigenvalue weighted by Gasteiger charge is -2.36. The highest BCUT2D eigenvalue weighted by atomic mass is 32.2. The Morgan fingerprint density at radius 3 is 2.81 bits per heavy atom. The first kappa shape index (κ1) is 13.8. The van der Waals surface area contributed by atoms with Crippen LogP contribution < -0.4 is 5.73 Å². The minimum atomic E-state index is 0.141. The standard InChI is InChI=1S/C12H24N2OS/c1-9(8-16-3)12(15)14-6-4-5-11(7-14)10(2)13/h9-11H,4-8,13H2,1-3H3/t9-,10-,11-/m0/s1. The van der Waals surface area contributed by atoms with Gasteiger partial charge in [0.05, 0.1) is 0 Å². The molecule has 0 aliphatic carbocycles. The molecule has 1 aliphatic rings. The molecule has 16 heavy (non-hydrogen) atoms. The van der Waals surface area contributed by atoms with E-state index in [9.17, 15) is 4.79 Å². The van der Waals surface area contributed by atoms with Crippen molar-refractivity contribution in [3.05, 3.63) is 0 Å².